The highest BCUT2D eigenvalue weighted by molar-refractivity contribution is 7.25. The summed E-state index contributed by atoms with van der Waals surface area (Å²) < 4.78 is 74.9. The van der Waals surface area contributed by atoms with Crippen molar-refractivity contribution in [3.8, 4) is 51.0 Å². The Morgan fingerprint density at radius 1 is 0.460 bits per heavy atom. The molecule has 0 aliphatic rings. The van der Waals surface area contributed by atoms with Gasteiger partial charge in [-0.3, -0.25) is 0 Å². The Kier molecular flexibility index (Phi) is 5.00. The first-order valence-corrected chi connectivity index (χ1v) is 16.9. The van der Waals surface area contributed by atoms with Gasteiger partial charge in [-0.2, -0.15) is 0 Å². The van der Waals surface area contributed by atoms with Crippen molar-refractivity contribution in [1.82, 2.24) is 19.5 Å². The van der Waals surface area contributed by atoms with Crippen LogP contribution >= 0.6 is 11.3 Å². The standard InChI is InChI=1S/C45H28N4S/c1-3-14-29(15-4-1)43-46-44(30-16-5-2-6-17-30)48-45(47-43)36-28-31(32-21-13-25-41-42(32)35-20-9-12-24-40(35)50-41)26-27-39(36)49-37-22-10-7-18-33(37)34-19-8-11-23-38(34)49/h1-28H/i7D,8D,10D,11D,18D,19D,22D,23D. The maximum absolute atomic E-state index is 9.22. The zero-order valence-electron chi connectivity index (χ0n) is 34.2. The summed E-state index contributed by atoms with van der Waals surface area (Å²) in [5.74, 6) is 1.05. The van der Waals surface area contributed by atoms with Crippen molar-refractivity contribution in [3.63, 3.8) is 0 Å². The Morgan fingerprint density at radius 3 is 1.72 bits per heavy atom. The maximum atomic E-state index is 9.22. The van der Waals surface area contributed by atoms with E-state index in [2.05, 4.69) is 24.3 Å². The Balaban J connectivity index is 1.38. The summed E-state index contributed by atoms with van der Waals surface area (Å²) in [6.07, 6.45) is 0. The van der Waals surface area contributed by atoms with Gasteiger partial charge in [-0.25, -0.2) is 15.0 Å². The topological polar surface area (TPSA) is 43.6 Å². The van der Waals surface area contributed by atoms with Crippen LogP contribution in [0.5, 0.6) is 0 Å². The summed E-state index contributed by atoms with van der Waals surface area (Å²) in [7, 11) is 0. The van der Waals surface area contributed by atoms with E-state index in [-0.39, 0.29) is 39.7 Å². The van der Waals surface area contributed by atoms with E-state index in [1.54, 1.807) is 11.3 Å². The minimum Gasteiger partial charge on any atom is -0.309 e. The Morgan fingerprint density at radius 2 is 1.04 bits per heavy atom. The largest absolute Gasteiger partial charge is 0.309 e. The van der Waals surface area contributed by atoms with Crippen molar-refractivity contribution in [2.75, 3.05) is 0 Å². The van der Waals surface area contributed by atoms with Crippen molar-refractivity contribution in [3.05, 3.63) is 170 Å². The lowest BCUT2D eigenvalue weighted by atomic mass is 9.96. The van der Waals surface area contributed by atoms with Gasteiger partial charge in [0.05, 0.1) is 27.7 Å². The summed E-state index contributed by atoms with van der Waals surface area (Å²) in [5, 5.41) is 2.16. The summed E-state index contributed by atoms with van der Waals surface area (Å²) in [6.45, 7) is 0. The molecule has 10 rings (SSSR count). The average Bonchev–Trinajstić information content (AvgIpc) is 3.83. The van der Waals surface area contributed by atoms with E-state index in [9.17, 15) is 2.74 Å². The van der Waals surface area contributed by atoms with E-state index < -0.39 is 36.3 Å². The summed E-state index contributed by atoms with van der Waals surface area (Å²) in [6, 6.07) is 35.6. The monoisotopic (exact) mass is 664 g/mol. The van der Waals surface area contributed by atoms with Crippen molar-refractivity contribution < 1.29 is 11.0 Å². The third-order valence-corrected chi connectivity index (χ3v) is 10.1. The molecule has 0 fully saturated rings. The lowest BCUT2D eigenvalue weighted by Crippen LogP contribution is -2.04. The molecule has 0 atom stereocenters. The Hall–Kier alpha value is -6.43. The number of para-hydroxylation sites is 2. The summed E-state index contributed by atoms with van der Waals surface area (Å²) >= 11 is 1.70. The van der Waals surface area contributed by atoms with Gasteiger partial charge in [-0.05, 0) is 47.5 Å². The molecule has 0 bridgehead atoms. The van der Waals surface area contributed by atoms with E-state index in [1.165, 1.54) is 4.57 Å². The fraction of sp³-hybridized carbons (Fsp3) is 0. The summed E-state index contributed by atoms with van der Waals surface area (Å²) in [5.41, 5.74) is 4.08. The first-order valence-electron chi connectivity index (χ1n) is 20.1. The molecule has 0 unspecified atom stereocenters. The molecule has 10 aromatic rings. The van der Waals surface area contributed by atoms with Crippen LogP contribution in [0.3, 0.4) is 0 Å². The quantitative estimate of drug-likeness (QED) is 0.184. The van der Waals surface area contributed by atoms with Crippen LogP contribution in [0.2, 0.25) is 0 Å². The van der Waals surface area contributed by atoms with Gasteiger partial charge in [0.1, 0.15) is 0 Å². The fourth-order valence-corrected chi connectivity index (χ4v) is 7.82. The van der Waals surface area contributed by atoms with E-state index in [0.717, 1.165) is 42.4 Å². The van der Waals surface area contributed by atoms with Gasteiger partial charge in [-0.1, -0.05) is 133 Å². The predicted octanol–water partition coefficient (Wildman–Crippen LogP) is 12.0. The Bertz CT molecular complexity index is 3200. The van der Waals surface area contributed by atoms with Crippen LogP contribution in [-0.4, -0.2) is 19.5 Å². The zero-order chi connectivity index (χ0) is 40.0. The van der Waals surface area contributed by atoms with Gasteiger partial charge < -0.3 is 4.57 Å². The van der Waals surface area contributed by atoms with E-state index in [4.69, 9.17) is 23.2 Å². The van der Waals surface area contributed by atoms with Gasteiger partial charge in [0.2, 0.25) is 0 Å². The molecule has 0 saturated heterocycles. The number of aromatic nitrogens is 4. The molecule has 3 heterocycles. The molecule has 0 N–H and O–H groups in total. The number of nitrogens with zero attached hydrogens (tertiary/aromatic N) is 4. The molecule has 0 amide bonds. The van der Waals surface area contributed by atoms with E-state index in [0.29, 0.717) is 22.9 Å². The molecule has 7 aromatic carbocycles. The second-order valence-corrected chi connectivity index (χ2v) is 12.9. The van der Waals surface area contributed by atoms with Crippen LogP contribution in [0.1, 0.15) is 11.0 Å². The van der Waals surface area contributed by atoms with Gasteiger partial charge >= 0.3 is 0 Å². The number of thiophene rings is 1. The van der Waals surface area contributed by atoms with E-state index >= 15 is 0 Å². The first-order chi connectivity index (χ1) is 28.1. The molecule has 0 spiro atoms. The Labute approximate surface area is 303 Å². The van der Waals surface area contributed by atoms with Crippen LogP contribution in [0.25, 0.3) is 93.0 Å². The number of hydrogen-bond acceptors (Lipinski definition) is 4. The molecule has 234 valence electrons. The van der Waals surface area contributed by atoms with E-state index in [1.807, 2.05) is 97.1 Å². The predicted molar refractivity (Wildman–Crippen MR) is 209 cm³/mol. The number of benzene rings is 7. The number of hydrogen-bond donors (Lipinski definition) is 0. The molecular weight excluding hydrogens is 629 g/mol. The highest BCUT2D eigenvalue weighted by Gasteiger charge is 2.21. The van der Waals surface area contributed by atoms with Gasteiger partial charge in [-0.15, -0.1) is 11.3 Å². The van der Waals surface area contributed by atoms with Crippen LogP contribution in [0.15, 0.2) is 170 Å². The smallest absolute Gasteiger partial charge is 0.166 e. The molecule has 0 saturated carbocycles. The third-order valence-electron chi connectivity index (χ3n) is 8.92. The minimum atomic E-state index is -0.506. The normalized spacial score (nSPS) is 13.8. The fourth-order valence-electron chi connectivity index (χ4n) is 6.68. The molecule has 4 nitrogen and oxygen atoms in total. The molecule has 0 radical (unpaired) electrons. The van der Waals surface area contributed by atoms with Gasteiger partial charge in [0, 0.05) is 47.6 Å². The minimum absolute atomic E-state index is 0.00792. The number of fused-ring (bicyclic) bond motifs is 6. The van der Waals surface area contributed by atoms with Crippen LogP contribution < -0.4 is 0 Å². The molecule has 0 aliphatic heterocycles. The third kappa shape index (κ3) is 4.63. The van der Waals surface area contributed by atoms with Crippen molar-refractivity contribution in [1.29, 1.82) is 0 Å². The molecule has 5 heteroatoms. The molecular formula is C45H28N4S. The highest BCUT2D eigenvalue weighted by Crippen LogP contribution is 2.43. The van der Waals surface area contributed by atoms with Gasteiger partial charge in [0.25, 0.3) is 0 Å². The van der Waals surface area contributed by atoms with Crippen molar-refractivity contribution >= 4 is 53.3 Å². The highest BCUT2D eigenvalue weighted by atomic mass is 32.1. The van der Waals surface area contributed by atoms with Crippen LogP contribution in [-0.2, 0) is 0 Å². The first kappa shape index (κ1) is 21.5. The lowest BCUT2D eigenvalue weighted by Gasteiger charge is -2.16. The van der Waals surface area contributed by atoms with Gasteiger partial charge in [0.15, 0.2) is 17.5 Å². The molecule has 50 heavy (non-hydrogen) atoms. The molecule has 3 aromatic heterocycles. The summed E-state index contributed by atoms with van der Waals surface area (Å²) in [4.78, 5) is 15.1. The van der Waals surface area contributed by atoms with Crippen LogP contribution in [0, 0.1) is 0 Å². The second kappa shape index (κ2) is 11.6. The second-order valence-electron chi connectivity index (χ2n) is 11.8. The van der Waals surface area contributed by atoms with Crippen molar-refractivity contribution in [2.45, 2.75) is 0 Å². The maximum Gasteiger partial charge on any atom is 0.166 e. The molecule has 0 aliphatic carbocycles. The van der Waals surface area contributed by atoms with Crippen molar-refractivity contribution in [2.24, 2.45) is 0 Å². The zero-order valence-corrected chi connectivity index (χ0v) is 27.1. The average molecular weight is 665 g/mol. The lowest BCUT2D eigenvalue weighted by molar-refractivity contribution is 1.06. The SMILES string of the molecule is [2H]c1c([2H])c([2H])c2c(c1[2H])c1c([2H])c([2H])c([2H])c([2H])c1n2-c1ccc(-c2cccc3sc4ccccc4c23)cc1-c1nc(-c2ccccc2)nc(-c2ccccc2)n1. The van der Waals surface area contributed by atoms with Crippen LogP contribution in [0.4, 0.5) is 0 Å². The number of rotatable bonds is 5.